The van der Waals surface area contributed by atoms with Crippen LogP contribution < -0.4 is 15.4 Å². The van der Waals surface area contributed by atoms with Crippen molar-refractivity contribution in [2.24, 2.45) is 0 Å². The largest absolute Gasteiger partial charge is 0.507 e. The first kappa shape index (κ1) is 25.0. The summed E-state index contributed by atoms with van der Waals surface area (Å²) in [4.78, 5) is 29.2. The number of phenolic OH excluding ortho intramolecular Hbond substituents is 1. The number of carbonyl (C=O) groups excluding carboxylic acids is 2. The van der Waals surface area contributed by atoms with Gasteiger partial charge < -0.3 is 20.5 Å². The van der Waals surface area contributed by atoms with E-state index in [1.165, 1.54) is 6.07 Å². The van der Waals surface area contributed by atoms with E-state index in [1.807, 2.05) is 6.92 Å². The van der Waals surface area contributed by atoms with Gasteiger partial charge in [-0.3, -0.25) is 9.59 Å². The molecule has 1 aliphatic rings. The smallest absolute Gasteiger partial charge is 0.257 e. The number of ether oxygens (including phenoxy) is 1. The molecule has 0 aliphatic heterocycles. The van der Waals surface area contributed by atoms with Gasteiger partial charge in [-0.05, 0) is 62.9 Å². The lowest BCUT2D eigenvalue weighted by Gasteiger charge is -2.30. The van der Waals surface area contributed by atoms with Crippen molar-refractivity contribution in [2.45, 2.75) is 44.7 Å². The van der Waals surface area contributed by atoms with E-state index in [1.54, 1.807) is 12.1 Å². The fourth-order valence-electron chi connectivity index (χ4n) is 4.06. The van der Waals surface area contributed by atoms with Gasteiger partial charge in [0.2, 0.25) is 5.88 Å². The van der Waals surface area contributed by atoms with Crippen LogP contribution in [-0.4, -0.2) is 34.0 Å². The van der Waals surface area contributed by atoms with E-state index in [2.05, 4.69) is 15.6 Å². The van der Waals surface area contributed by atoms with Gasteiger partial charge in [-0.2, -0.15) is 0 Å². The summed E-state index contributed by atoms with van der Waals surface area (Å²) in [6.45, 7) is 1.83. The van der Waals surface area contributed by atoms with E-state index < -0.39 is 23.4 Å². The topological polar surface area (TPSA) is 101 Å². The zero-order valence-electron chi connectivity index (χ0n) is 19.4. The molecule has 1 heterocycles. The van der Waals surface area contributed by atoms with Gasteiger partial charge in [0.05, 0.1) is 11.8 Å². The van der Waals surface area contributed by atoms with Crippen LogP contribution in [0.4, 0.5) is 13.2 Å². The number of hydrogen-bond acceptors (Lipinski definition) is 5. The number of aromatic hydroxyl groups is 1. The molecule has 4 rings (SSSR count). The standard InChI is InChI=1S/C26H24F3N3O4/c1-14-2-9-23(33)19(10-14)24(34)31-16-3-5-17(6-4-16)32-25(35)20-11-15(27)13-30-26(20)36-18-7-8-21(28)22(29)12-18/h2,7-13,16-17,33H,3-6H2,1H3,(H,31,34)(H,32,35). The van der Waals surface area contributed by atoms with Crippen LogP contribution in [0, 0.1) is 24.4 Å². The Labute approximate surface area is 205 Å². The van der Waals surface area contributed by atoms with E-state index in [9.17, 15) is 27.9 Å². The summed E-state index contributed by atoms with van der Waals surface area (Å²) in [5.41, 5.74) is 0.867. The maximum Gasteiger partial charge on any atom is 0.257 e. The number of phenols is 1. The number of hydrogen-bond donors (Lipinski definition) is 3. The zero-order chi connectivity index (χ0) is 25.8. The molecule has 0 saturated heterocycles. The highest BCUT2D eigenvalue weighted by atomic mass is 19.2. The summed E-state index contributed by atoms with van der Waals surface area (Å²) < 4.78 is 45.9. The third kappa shape index (κ3) is 5.94. The van der Waals surface area contributed by atoms with Crippen molar-refractivity contribution in [3.63, 3.8) is 0 Å². The van der Waals surface area contributed by atoms with Crippen LogP contribution in [0.3, 0.4) is 0 Å². The number of carbonyl (C=O) groups is 2. The molecule has 36 heavy (non-hydrogen) atoms. The number of amides is 2. The van der Waals surface area contributed by atoms with Crippen LogP contribution in [-0.2, 0) is 0 Å². The first-order valence-electron chi connectivity index (χ1n) is 11.4. The fourth-order valence-corrected chi connectivity index (χ4v) is 4.06. The van der Waals surface area contributed by atoms with E-state index >= 15 is 0 Å². The molecule has 1 fully saturated rings. The van der Waals surface area contributed by atoms with Gasteiger partial charge in [0.15, 0.2) is 11.6 Å². The Morgan fingerprint density at radius 1 is 0.889 bits per heavy atom. The molecule has 10 heteroatoms. The normalized spacial score (nSPS) is 17.3. The second-order valence-electron chi connectivity index (χ2n) is 8.70. The summed E-state index contributed by atoms with van der Waals surface area (Å²) >= 11 is 0. The molecule has 2 amide bonds. The quantitative estimate of drug-likeness (QED) is 0.454. The van der Waals surface area contributed by atoms with Gasteiger partial charge in [0.25, 0.3) is 11.8 Å². The molecule has 7 nitrogen and oxygen atoms in total. The van der Waals surface area contributed by atoms with Crippen LogP contribution in [0.15, 0.2) is 48.7 Å². The third-order valence-corrected chi connectivity index (χ3v) is 5.96. The van der Waals surface area contributed by atoms with E-state index in [0.29, 0.717) is 25.7 Å². The Bertz CT molecular complexity index is 1290. The number of rotatable bonds is 6. The number of pyridine rings is 1. The number of nitrogens with zero attached hydrogens (tertiary/aromatic N) is 1. The minimum absolute atomic E-state index is 0.0934. The SMILES string of the molecule is Cc1ccc(O)c(C(=O)NC2CCC(NC(=O)c3cc(F)cnc3Oc3ccc(F)c(F)c3)CC2)c1. The summed E-state index contributed by atoms with van der Waals surface area (Å²) in [6, 6.07) is 8.22. The highest BCUT2D eigenvalue weighted by molar-refractivity contribution is 5.97. The molecule has 3 aromatic rings. The molecule has 0 bridgehead atoms. The van der Waals surface area contributed by atoms with Gasteiger partial charge in [0, 0.05) is 18.2 Å². The number of nitrogens with one attached hydrogen (secondary N) is 2. The lowest BCUT2D eigenvalue weighted by molar-refractivity contribution is 0.0888. The average molecular weight is 499 g/mol. The van der Waals surface area contributed by atoms with Gasteiger partial charge in [-0.25, -0.2) is 18.2 Å². The number of halogens is 3. The zero-order valence-corrected chi connectivity index (χ0v) is 19.4. The summed E-state index contributed by atoms with van der Waals surface area (Å²) in [5.74, 6) is -4.40. The number of benzene rings is 2. The molecule has 0 spiro atoms. The van der Waals surface area contributed by atoms with Crippen molar-refractivity contribution in [3.8, 4) is 17.4 Å². The highest BCUT2D eigenvalue weighted by Gasteiger charge is 2.26. The molecule has 1 aromatic heterocycles. The summed E-state index contributed by atoms with van der Waals surface area (Å²) in [7, 11) is 0. The van der Waals surface area contributed by atoms with Crippen LogP contribution in [0.25, 0.3) is 0 Å². The minimum Gasteiger partial charge on any atom is -0.507 e. The Hall–Kier alpha value is -4.08. The monoisotopic (exact) mass is 499 g/mol. The second kappa shape index (κ2) is 10.7. The van der Waals surface area contributed by atoms with Crippen LogP contribution >= 0.6 is 0 Å². The molecule has 0 unspecified atom stereocenters. The molecule has 2 aromatic carbocycles. The molecule has 1 aliphatic carbocycles. The van der Waals surface area contributed by atoms with E-state index in [4.69, 9.17) is 4.74 Å². The van der Waals surface area contributed by atoms with Crippen LogP contribution in [0.1, 0.15) is 52.0 Å². The maximum atomic E-state index is 13.8. The van der Waals surface area contributed by atoms with Crippen molar-refractivity contribution in [1.29, 1.82) is 0 Å². The summed E-state index contributed by atoms with van der Waals surface area (Å²) in [5, 5.41) is 15.7. The first-order chi connectivity index (χ1) is 17.2. The Kier molecular flexibility index (Phi) is 7.42. The molecule has 1 saturated carbocycles. The Balaban J connectivity index is 1.36. The molecule has 188 valence electrons. The van der Waals surface area contributed by atoms with Crippen molar-refractivity contribution in [2.75, 3.05) is 0 Å². The van der Waals surface area contributed by atoms with Crippen molar-refractivity contribution >= 4 is 11.8 Å². The Morgan fingerprint density at radius 3 is 2.17 bits per heavy atom. The van der Waals surface area contributed by atoms with Gasteiger partial charge in [-0.1, -0.05) is 11.6 Å². The van der Waals surface area contributed by atoms with Gasteiger partial charge >= 0.3 is 0 Å². The maximum absolute atomic E-state index is 13.8. The Morgan fingerprint density at radius 2 is 1.53 bits per heavy atom. The van der Waals surface area contributed by atoms with Crippen LogP contribution in [0.5, 0.6) is 17.4 Å². The molecular formula is C26H24F3N3O4. The first-order valence-corrected chi connectivity index (χ1v) is 11.4. The predicted molar refractivity (Wildman–Crippen MR) is 124 cm³/mol. The highest BCUT2D eigenvalue weighted by Crippen LogP contribution is 2.27. The average Bonchev–Trinajstić information content (AvgIpc) is 2.85. The lowest BCUT2D eigenvalue weighted by Crippen LogP contribution is -2.44. The van der Waals surface area contributed by atoms with E-state index in [0.717, 1.165) is 36.0 Å². The van der Waals surface area contributed by atoms with E-state index in [-0.39, 0.29) is 46.5 Å². The van der Waals surface area contributed by atoms with Crippen LogP contribution in [0.2, 0.25) is 0 Å². The fraction of sp³-hybridized carbons (Fsp3) is 0.269. The van der Waals surface area contributed by atoms with Gasteiger partial charge in [-0.15, -0.1) is 0 Å². The third-order valence-electron chi connectivity index (χ3n) is 5.96. The lowest BCUT2D eigenvalue weighted by atomic mass is 9.90. The molecule has 3 N–H and O–H groups in total. The number of aryl methyl sites for hydroxylation is 1. The van der Waals surface area contributed by atoms with Crippen molar-refractivity contribution < 1.29 is 32.6 Å². The summed E-state index contributed by atoms with van der Waals surface area (Å²) in [6.07, 6.45) is 3.13. The molecular weight excluding hydrogens is 475 g/mol. The second-order valence-corrected chi connectivity index (χ2v) is 8.70. The van der Waals surface area contributed by atoms with Gasteiger partial charge in [0.1, 0.15) is 22.9 Å². The molecule has 0 atom stereocenters. The molecule has 0 radical (unpaired) electrons. The minimum atomic E-state index is -1.14. The number of aromatic nitrogens is 1. The van der Waals surface area contributed by atoms with Crippen molar-refractivity contribution in [1.82, 2.24) is 15.6 Å². The van der Waals surface area contributed by atoms with Crippen molar-refractivity contribution in [3.05, 3.63) is 82.8 Å². The predicted octanol–water partition coefficient (Wildman–Crippen LogP) is 4.78.